The van der Waals surface area contributed by atoms with Crippen LogP contribution in [0.25, 0.3) is 5.82 Å². The largest absolute Gasteiger partial charge is 0.369 e. The molecular formula is C16H19N5O2S2. The van der Waals surface area contributed by atoms with Crippen molar-refractivity contribution in [2.24, 2.45) is 0 Å². The molecule has 0 amide bonds. The van der Waals surface area contributed by atoms with Gasteiger partial charge in [-0.2, -0.15) is 0 Å². The molecule has 0 aliphatic rings. The molecule has 132 valence electrons. The average Bonchev–Trinajstić information content (AvgIpc) is 3.23. The highest BCUT2D eigenvalue weighted by Crippen LogP contribution is 2.20. The first-order chi connectivity index (χ1) is 11.9. The summed E-state index contributed by atoms with van der Waals surface area (Å²) in [4.78, 5) is 9.68. The van der Waals surface area contributed by atoms with Gasteiger partial charge in [-0.1, -0.05) is 0 Å². The van der Waals surface area contributed by atoms with E-state index in [4.69, 9.17) is 0 Å². The molecule has 3 aromatic rings. The molecule has 0 unspecified atom stereocenters. The summed E-state index contributed by atoms with van der Waals surface area (Å²) in [7, 11) is -3.45. The Balaban J connectivity index is 1.59. The van der Waals surface area contributed by atoms with Gasteiger partial charge in [-0.25, -0.2) is 23.1 Å². The van der Waals surface area contributed by atoms with Gasteiger partial charge in [0.05, 0.1) is 0 Å². The van der Waals surface area contributed by atoms with E-state index in [0.717, 1.165) is 10.7 Å². The Hall–Kier alpha value is -2.23. The molecule has 0 atom stereocenters. The fourth-order valence-electron chi connectivity index (χ4n) is 2.27. The van der Waals surface area contributed by atoms with Crippen LogP contribution in [0.15, 0.2) is 46.9 Å². The number of aryl methyl sites for hydroxylation is 2. The lowest BCUT2D eigenvalue weighted by Gasteiger charge is -2.10. The second-order valence-corrected chi connectivity index (χ2v) is 8.72. The summed E-state index contributed by atoms with van der Waals surface area (Å²) in [5.41, 5.74) is 0. The van der Waals surface area contributed by atoms with E-state index in [9.17, 15) is 8.42 Å². The summed E-state index contributed by atoms with van der Waals surface area (Å²) in [5.74, 6) is 2.06. The van der Waals surface area contributed by atoms with E-state index < -0.39 is 10.0 Å². The minimum Gasteiger partial charge on any atom is -0.369 e. The Morgan fingerprint density at radius 3 is 2.56 bits per heavy atom. The molecule has 0 aliphatic heterocycles. The standard InChI is InChI=1S/C16H19N5O2S2/c1-12-5-6-16(24-12)25(22,23)18-8-7-17-14-11-15(20-13(2)19-14)21-9-3-4-10-21/h3-6,9-11,18H,7-8H2,1-2H3,(H,17,19,20). The number of thiophene rings is 1. The third-order valence-electron chi connectivity index (χ3n) is 3.40. The topological polar surface area (TPSA) is 88.9 Å². The van der Waals surface area contributed by atoms with E-state index in [-0.39, 0.29) is 6.54 Å². The highest BCUT2D eigenvalue weighted by atomic mass is 32.2. The summed E-state index contributed by atoms with van der Waals surface area (Å²) in [6.45, 7) is 4.39. The van der Waals surface area contributed by atoms with Crippen LogP contribution < -0.4 is 10.0 Å². The number of hydrogen-bond acceptors (Lipinski definition) is 6. The van der Waals surface area contributed by atoms with Crippen LogP contribution in [0.1, 0.15) is 10.7 Å². The lowest BCUT2D eigenvalue weighted by atomic mass is 10.4. The van der Waals surface area contributed by atoms with Crippen LogP contribution in [-0.2, 0) is 10.0 Å². The summed E-state index contributed by atoms with van der Waals surface area (Å²) in [6.07, 6.45) is 3.81. The zero-order valence-corrected chi connectivity index (χ0v) is 15.6. The first-order valence-corrected chi connectivity index (χ1v) is 10.0. The number of hydrogen-bond donors (Lipinski definition) is 2. The van der Waals surface area contributed by atoms with Gasteiger partial charge in [-0.3, -0.25) is 0 Å². The van der Waals surface area contributed by atoms with Gasteiger partial charge in [0.2, 0.25) is 10.0 Å². The van der Waals surface area contributed by atoms with Gasteiger partial charge < -0.3 is 9.88 Å². The zero-order chi connectivity index (χ0) is 17.9. The fourth-order valence-corrected chi connectivity index (χ4v) is 4.63. The van der Waals surface area contributed by atoms with Crippen LogP contribution in [-0.4, -0.2) is 36.0 Å². The van der Waals surface area contributed by atoms with Crippen LogP contribution >= 0.6 is 11.3 Å². The lowest BCUT2D eigenvalue weighted by molar-refractivity contribution is 0.585. The van der Waals surface area contributed by atoms with Crippen molar-refractivity contribution in [1.82, 2.24) is 19.3 Å². The second-order valence-electron chi connectivity index (χ2n) is 5.44. The van der Waals surface area contributed by atoms with Crippen molar-refractivity contribution in [2.45, 2.75) is 18.1 Å². The minimum atomic E-state index is -3.45. The van der Waals surface area contributed by atoms with Gasteiger partial charge in [-0.05, 0) is 38.1 Å². The Kier molecular flexibility index (Phi) is 5.16. The second kappa shape index (κ2) is 7.34. The Morgan fingerprint density at radius 1 is 1.12 bits per heavy atom. The van der Waals surface area contributed by atoms with Crippen molar-refractivity contribution in [3.8, 4) is 5.82 Å². The molecule has 3 heterocycles. The Morgan fingerprint density at radius 2 is 1.88 bits per heavy atom. The predicted octanol–water partition coefficient (Wildman–Crippen LogP) is 2.34. The first-order valence-electron chi connectivity index (χ1n) is 7.73. The molecular weight excluding hydrogens is 358 g/mol. The van der Waals surface area contributed by atoms with E-state index in [1.54, 1.807) is 12.1 Å². The number of nitrogens with one attached hydrogen (secondary N) is 2. The smallest absolute Gasteiger partial charge is 0.250 e. The van der Waals surface area contributed by atoms with E-state index in [1.165, 1.54) is 11.3 Å². The van der Waals surface area contributed by atoms with Gasteiger partial charge in [0.1, 0.15) is 21.7 Å². The Labute approximate surface area is 150 Å². The summed E-state index contributed by atoms with van der Waals surface area (Å²) >= 11 is 1.26. The molecule has 0 aliphatic carbocycles. The SMILES string of the molecule is Cc1nc(NCCNS(=O)(=O)c2ccc(C)s2)cc(-n2cccc2)n1. The summed E-state index contributed by atoms with van der Waals surface area (Å²) in [5, 5.41) is 3.13. The normalized spacial score (nSPS) is 11.6. The highest BCUT2D eigenvalue weighted by Gasteiger charge is 2.15. The van der Waals surface area contributed by atoms with Crippen molar-refractivity contribution in [1.29, 1.82) is 0 Å². The van der Waals surface area contributed by atoms with E-state index in [1.807, 2.05) is 49.0 Å². The molecule has 0 spiro atoms. The number of anilines is 1. The zero-order valence-electron chi connectivity index (χ0n) is 13.9. The molecule has 0 fully saturated rings. The van der Waals surface area contributed by atoms with Gasteiger partial charge in [0, 0.05) is 36.4 Å². The summed E-state index contributed by atoms with van der Waals surface area (Å²) in [6, 6.07) is 9.08. The number of rotatable bonds is 7. The van der Waals surface area contributed by atoms with Crippen molar-refractivity contribution >= 4 is 27.2 Å². The van der Waals surface area contributed by atoms with Crippen molar-refractivity contribution < 1.29 is 8.42 Å². The maximum atomic E-state index is 12.2. The van der Waals surface area contributed by atoms with Crippen molar-refractivity contribution in [2.75, 3.05) is 18.4 Å². The first kappa shape index (κ1) is 17.6. The van der Waals surface area contributed by atoms with E-state index >= 15 is 0 Å². The van der Waals surface area contributed by atoms with E-state index in [2.05, 4.69) is 20.0 Å². The van der Waals surface area contributed by atoms with Crippen molar-refractivity contribution in [3.63, 3.8) is 0 Å². The molecule has 7 nitrogen and oxygen atoms in total. The van der Waals surface area contributed by atoms with Crippen LogP contribution in [0.5, 0.6) is 0 Å². The predicted molar refractivity (Wildman–Crippen MR) is 98.8 cm³/mol. The highest BCUT2D eigenvalue weighted by molar-refractivity contribution is 7.91. The number of nitrogens with zero attached hydrogens (tertiary/aromatic N) is 3. The number of aromatic nitrogens is 3. The summed E-state index contributed by atoms with van der Waals surface area (Å²) < 4.78 is 29.1. The third kappa shape index (κ3) is 4.44. The molecule has 0 bridgehead atoms. The number of sulfonamides is 1. The lowest BCUT2D eigenvalue weighted by Crippen LogP contribution is -2.28. The minimum absolute atomic E-state index is 0.265. The molecule has 0 saturated carbocycles. The quantitative estimate of drug-likeness (QED) is 0.617. The van der Waals surface area contributed by atoms with Gasteiger partial charge >= 0.3 is 0 Å². The molecule has 0 radical (unpaired) electrons. The Bertz CT molecular complexity index is 949. The average molecular weight is 377 g/mol. The maximum Gasteiger partial charge on any atom is 0.250 e. The van der Waals surface area contributed by atoms with Crippen LogP contribution in [0.2, 0.25) is 0 Å². The molecule has 3 aromatic heterocycles. The van der Waals surface area contributed by atoms with Crippen LogP contribution in [0.3, 0.4) is 0 Å². The molecule has 9 heteroatoms. The van der Waals surface area contributed by atoms with E-state index in [0.29, 0.717) is 22.4 Å². The van der Waals surface area contributed by atoms with Gasteiger partial charge in [0.25, 0.3) is 0 Å². The third-order valence-corrected chi connectivity index (χ3v) is 6.35. The molecule has 3 rings (SSSR count). The molecule has 0 saturated heterocycles. The van der Waals surface area contributed by atoms with Crippen LogP contribution in [0.4, 0.5) is 5.82 Å². The maximum absolute atomic E-state index is 12.2. The molecule has 2 N–H and O–H groups in total. The van der Waals surface area contributed by atoms with Crippen LogP contribution in [0, 0.1) is 13.8 Å². The van der Waals surface area contributed by atoms with Gasteiger partial charge in [-0.15, -0.1) is 11.3 Å². The van der Waals surface area contributed by atoms with Crippen molar-refractivity contribution in [3.05, 3.63) is 53.4 Å². The van der Waals surface area contributed by atoms with Gasteiger partial charge in [0.15, 0.2) is 0 Å². The molecule has 0 aromatic carbocycles. The molecule has 25 heavy (non-hydrogen) atoms. The monoisotopic (exact) mass is 377 g/mol. The fraction of sp³-hybridized carbons (Fsp3) is 0.250.